The number of halogens is 1. The lowest BCUT2D eigenvalue weighted by Gasteiger charge is -2.22. The smallest absolute Gasteiger partial charge is 0.424 e. The van der Waals surface area contributed by atoms with E-state index in [1.165, 1.54) is 30.3 Å². The van der Waals surface area contributed by atoms with E-state index in [1.807, 2.05) is 0 Å². The second-order valence-electron chi connectivity index (χ2n) is 7.34. The van der Waals surface area contributed by atoms with Crippen molar-refractivity contribution in [2.24, 2.45) is 0 Å². The first kappa shape index (κ1) is 24.6. The monoisotopic (exact) mass is 447 g/mol. The number of nitrogens with zero attached hydrogens (tertiary/aromatic N) is 1. The standard InChI is InChI=1S/C24H30FNO4S/c1-4-6-7-8-9-15-21(5-2)30-24(27)26(3)31(28,29)23-17-11-10-16-22(23)19-13-12-14-20(25)18-19/h5,10-14,16-18,21H,2,4,6-9,15H2,1,3H3. The highest BCUT2D eigenvalue weighted by Crippen LogP contribution is 2.30. The Labute approximate surface area is 184 Å². The zero-order valence-electron chi connectivity index (χ0n) is 18.1. The Morgan fingerprint density at radius 2 is 1.84 bits per heavy atom. The summed E-state index contributed by atoms with van der Waals surface area (Å²) in [5.74, 6) is -0.481. The highest BCUT2D eigenvalue weighted by atomic mass is 32.2. The van der Waals surface area contributed by atoms with Gasteiger partial charge in [0.25, 0.3) is 10.0 Å². The second kappa shape index (κ2) is 11.6. The maximum atomic E-state index is 13.7. The van der Waals surface area contributed by atoms with Crippen molar-refractivity contribution in [1.29, 1.82) is 0 Å². The minimum atomic E-state index is -4.21. The molecule has 1 amide bonds. The van der Waals surface area contributed by atoms with Crippen LogP contribution in [0.5, 0.6) is 0 Å². The fraction of sp³-hybridized carbons (Fsp3) is 0.375. The molecule has 0 N–H and O–H groups in total. The third-order valence-corrected chi connectivity index (χ3v) is 6.81. The zero-order valence-corrected chi connectivity index (χ0v) is 18.9. The minimum Gasteiger partial charge on any atom is -0.441 e. The van der Waals surface area contributed by atoms with Crippen molar-refractivity contribution in [2.75, 3.05) is 7.05 Å². The zero-order chi connectivity index (χ0) is 22.9. The predicted octanol–water partition coefficient (Wildman–Crippen LogP) is 6.16. The first-order valence-corrected chi connectivity index (χ1v) is 11.9. The number of rotatable bonds is 11. The highest BCUT2D eigenvalue weighted by molar-refractivity contribution is 7.89. The van der Waals surface area contributed by atoms with Gasteiger partial charge in [-0.15, -0.1) is 0 Å². The molecule has 0 spiro atoms. The summed E-state index contributed by atoms with van der Waals surface area (Å²) >= 11 is 0. The van der Waals surface area contributed by atoms with Gasteiger partial charge in [-0.3, -0.25) is 0 Å². The lowest BCUT2D eigenvalue weighted by atomic mass is 10.1. The summed E-state index contributed by atoms with van der Waals surface area (Å²) in [6.45, 7) is 5.83. The molecule has 5 nitrogen and oxygen atoms in total. The van der Waals surface area contributed by atoms with Crippen LogP contribution in [0.25, 0.3) is 11.1 Å². The Morgan fingerprint density at radius 3 is 2.52 bits per heavy atom. The van der Waals surface area contributed by atoms with Crippen molar-refractivity contribution in [3.05, 3.63) is 67.0 Å². The molecule has 168 valence electrons. The van der Waals surface area contributed by atoms with E-state index in [2.05, 4.69) is 13.5 Å². The number of carbonyl (C=O) groups excluding carboxylic acids is 1. The average molecular weight is 448 g/mol. The average Bonchev–Trinajstić information content (AvgIpc) is 2.77. The number of unbranched alkanes of at least 4 members (excludes halogenated alkanes) is 4. The highest BCUT2D eigenvalue weighted by Gasteiger charge is 2.30. The van der Waals surface area contributed by atoms with Gasteiger partial charge >= 0.3 is 6.09 Å². The number of sulfonamides is 1. The van der Waals surface area contributed by atoms with Gasteiger partial charge in [-0.1, -0.05) is 75.6 Å². The Kier molecular flexibility index (Phi) is 9.24. The first-order valence-electron chi connectivity index (χ1n) is 10.5. The summed E-state index contributed by atoms with van der Waals surface area (Å²) in [6.07, 6.45) is 5.85. The van der Waals surface area contributed by atoms with Crippen LogP contribution in [0.2, 0.25) is 0 Å². The van der Waals surface area contributed by atoms with Gasteiger partial charge in [-0.05, 0) is 36.6 Å². The third kappa shape index (κ3) is 6.66. The topological polar surface area (TPSA) is 63.7 Å². The molecule has 0 aromatic heterocycles. The molecule has 2 rings (SSSR count). The van der Waals surface area contributed by atoms with Crippen LogP contribution in [0.3, 0.4) is 0 Å². The number of carbonyl (C=O) groups is 1. The summed E-state index contributed by atoms with van der Waals surface area (Å²) in [6, 6.07) is 11.8. The van der Waals surface area contributed by atoms with Crippen LogP contribution in [-0.4, -0.2) is 32.0 Å². The van der Waals surface area contributed by atoms with Crippen molar-refractivity contribution < 1.29 is 22.3 Å². The quantitative estimate of drug-likeness (QED) is 0.305. The van der Waals surface area contributed by atoms with Gasteiger partial charge in [-0.25, -0.2) is 21.9 Å². The summed E-state index contributed by atoms with van der Waals surface area (Å²) < 4.78 is 46.0. The molecule has 0 aliphatic carbocycles. The molecule has 0 aliphatic heterocycles. The largest absolute Gasteiger partial charge is 0.441 e. The molecule has 0 heterocycles. The number of benzene rings is 2. The van der Waals surface area contributed by atoms with Crippen molar-refractivity contribution in [1.82, 2.24) is 4.31 Å². The number of ether oxygens (including phenoxy) is 1. The van der Waals surface area contributed by atoms with E-state index in [0.717, 1.165) is 39.2 Å². The third-order valence-electron chi connectivity index (χ3n) is 5.03. The Bertz CT molecular complexity index is 991. The van der Waals surface area contributed by atoms with E-state index < -0.39 is 28.0 Å². The van der Waals surface area contributed by atoms with Crippen molar-refractivity contribution in [3.8, 4) is 11.1 Å². The van der Waals surface area contributed by atoms with E-state index in [0.29, 0.717) is 21.9 Å². The van der Waals surface area contributed by atoms with Crippen LogP contribution in [0.1, 0.15) is 45.4 Å². The molecule has 0 saturated heterocycles. The summed E-state index contributed by atoms with van der Waals surface area (Å²) in [4.78, 5) is 12.5. The maximum absolute atomic E-state index is 13.7. The molecule has 0 fully saturated rings. The van der Waals surface area contributed by atoms with E-state index in [4.69, 9.17) is 4.74 Å². The lowest BCUT2D eigenvalue weighted by molar-refractivity contribution is 0.100. The van der Waals surface area contributed by atoms with Gasteiger partial charge in [0.2, 0.25) is 0 Å². The molecule has 0 bridgehead atoms. The first-order chi connectivity index (χ1) is 14.8. The Balaban J connectivity index is 2.16. The van der Waals surface area contributed by atoms with Gasteiger partial charge in [0.15, 0.2) is 0 Å². The fourth-order valence-corrected chi connectivity index (χ4v) is 4.46. The van der Waals surface area contributed by atoms with Crippen LogP contribution < -0.4 is 0 Å². The fourth-order valence-electron chi connectivity index (χ4n) is 3.21. The number of amides is 1. The molecule has 7 heteroatoms. The van der Waals surface area contributed by atoms with Gasteiger partial charge in [0.1, 0.15) is 11.9 Å². The van der Waals surface area contributed by atoms with Crippen molar-refractivity contribution >= 4 is 16.1 Å². The molecule has 1 atom stereocenters. The van der Waals surface area contributed by atoms with Gasteiger partial charge in [-0.2, -0.15) is 0 Å². The Morgan fingerprint density at radius 1 is 1.13 bits per heavy atom. The molecular formula is C24H30FNO4S. The molecule has 0 saturated carbocycles. The molecule has 31 heavy (non-hydrogen) atoms. The van der Waals surface area contributed by atoms with Gasteiger partial charge < -0.3 is 4.74 Å². The SMILES string of the molecule is C=CC(CCCCCCC)OC(=O)N(C)S(=O)(=O)c1ccccc1-c1cccc(F)c1. The van der Waals surface area contributed by atoms with E-state index in [9.17, 15) is 17.6 Å². The van der Waals surface area contributed by atoms with E-state index >= 15 is 0 Å². The molecule has 2 aromatic rings. The minimum absolute atomic E-state index is 0.102. The van der Waals surface area contributed by atoms with Gasteiger partial charge in [0.05, 0.1) is 4.90 Å². The van der Waals surface area contributed by atoms with E-state index in [1.54, 1.807) is 24.3 Å². The van der Waals surface area contributed by atoms with Crippen LogP contribution in [0.15, 0.2) is 66.1 Å². The van der Waals surface area contributed by atoms with E-state index in [-0.39, 0.29) is 4.90 Å². The maximum Gasteiger partial charge on any atom is 0.424 e. The molecular weight excluding hydrogens is 417 g/mol. The molecule has 0 radical (unpaired) electrons. The Hall–Kier alpha value is -2.67. The number of hydrogen-bond donors (Lipinski definition) is 0. The van der Waals surface area contributed by atoms with Gasteiger partial charge in [0, 0.05) is 12.6 Å². The molecule has 1 unspecified atom stereocenters. The van der Waals surface area contributed by atoms with Crippen LogP contribution in [-0.2, 0) is 14.8 Å². The van der Waals surface area contributed by atoms with Crippen molar-refractivity contribution in [2.45, 2.75) is 56.4 Å². The van der Waals surface area contributed by atoms with Crippen LogP contribution >= 0.6 is 0 Å². The normalized spacial score (nSPS) is 12.2. The predicted molar refractivity (Wildman–Crippen MR) is 121 cm³/mol. The lowest BCUT2D eigenvalue weighted by Crippen LogP contribution is -2.36. The van der Waals surface area contributed by atoms with Crippen LogP contribution in [0, 0.1) is 5.82 Å². The summed E-state index contributed by atoms with van der Waals surface area (Å²) in [5.41, 5.74) is 0.704. The molecule has 0 aliphatic rings. The summed E-state index contributed by atoms with van der Waals surface area (Å²) in [5, 5.41) is 0. The second-order valence-corrected chi connectivity index (χ2v) is 9.28. The summed E-state index contributed by atoms with van der Waals surface area (Å²) in [7, 11) is -3.06. The van der Waals surface area contributed by atoms with Crippen LogP contribution in [0.4, 0.5) is 9.18 Å². The number of hydrogen-bond acceptors (Lipinski definition) is 4. The molecule has 2 aromatic carbocycles. The van der Waals surface area contributed by atoms with Crippen molar-refractivity contribution in [3.63, 3.8) is 0 Å².